The monoisotopic (exact) mass is 277 g/mol. The van der Waals surface area contributed by atoms with E-state index in [9.17, 15) is 4.39 Å². The molecule has 1 heterocycles. The van der Waals surface area contributed by atoms with Crippen LogP contribution < -0.4 is 5.32 Å². The van der Waals surface area contributed by atoms with Crippen molar-refractivity contribution in [1.82, 2.24) is 5.32 Å². The van der Waals surface area contributed by atoms with E-state index in [1.54, 1.807) is 17.4 Å². The molecule has 1 aromatic carbocycles. The number of hydrogen-bond acceptors (Lipinski definition) is 2. The predicted molar refractivity (Wildman–Crippen MR) is 80.3 cm³/mol. The van der Waals surface area contributed by atoms with Gasteiger partial charge in [-0.3, -0.25) is 0 Å². The van der Waals surface area contributed by atoms with Crippen LogP contribution in [0.4, 0.5) is 4.39 Å². The normalized spacial score (nSPS) is 12.6. The Morgan fingerprint density at radius 2 is 2.05 bits per heavy atom. The highest BCUT2D eigenvalue weighted by Gasteiger charge is 2.16. The van der Waals surface area contributed by atoms with E-state index in [1.165, 1.54) is 16.5 Å². The van der Waals surface area contributed by atoms with Crippen LogP contribution in [0.3, 0.4) is 0 Å². The lowest BCUT2D eigenvalue weighted by atomic mass is 9.98. The minimum Gasteiger partial charge on any atom is -0.312 e. The Morgan fingerprint density at radius 3 is 2.74 bits per heavy atom. The molecule has 0 saturated heterocycles. The van der Waals surface area contributed by atoms with Gasteiger partial charge < -0.3 is 5.32 Å². The molecule has 1 unspecified atom stereocenters. The molecular formula is C16H20FNS. The molecule has 0 spiro atoms. The van der Waals surface area contributed by atoms with E-state index in [0.717, 1.165) is 24.0 Å². The minimum atomic E-state index is -0.155. The number of halogens is 1. The molecule has 2 aromatic rings. The molecule has 1 aromatic heterocycles. The Hall–Kier alpha value is -1.19. The van der Waals surface area contributed by atoms with Gasteiger partial charge in [-0.25, -0.2) is 4.39 Å². The number of benzene rings is 1. The Morgan fingerprint density at radius 1 is 1.26 bits per heavy atom. The van der Waals surface area contributed by atoms with E-state index in [-0.39, 0.29) is 11.9 Å². The van der Waals surface area contributed by atoms with Crippen molar-refractivity contribution >= 4 is 11.3 Å². The second-order valence-corrected chi connectivity index (χ2v) is 5.73. The highest BCUT2D eigenvalue weighted by atomic mass is 32.1. The van der Waals surface area contributed by atoms with Crippen LogP contribution in [0.2, 0.25) is 0 Å². The Kier molecular flexibility index (Phi) is 4.72. The van der Waals surface area contributed by atoms with E-state index in [0.29, 0.717) is 0 Å². The number of aryl methyl sites for hydroxylation is 2. The topological polar surface area (TPSA) is 12.0 Å². The van der Waals surface area contributed by atoms with Gasteiger partial charge in [0.25, 0.3) is 0 Å². The van der Waals surface area contributed by atoms with Crippen LogP contribution in [0.1, 0.15) is 34.5 Å². The van der Waals surface area contributed by atoms with E-state index in [1.807, 2.05) is 20.0 Å². The van der Waals surface area contributed by atoms with E-state index in [4.69, 9.17) is 0 Å². The molecule has 2 rings (SSSR count). The maximum atomic E-state index is 13.4. The van der Waals surface area contributed by atoms with Crippen molar-refractivity contribution < 1.29 is 4.39 Å². The second kappa shape index (κ2) is 6.31. The van der Waals surface area contributed by atoms with Gasteiger partial charge in [0.1, 0.15) is 5.82 Å². The van der Waals surface area contributed by atoms with E-state index in [2.05, 4.69) is 23.7 Å². The summed E-state index contributed by atoms with van der Waals surface area (Å²) < 4.78 is 13.4. The maximum Gasteiger partial charge on any atom is 0.123 e. The van der Waals surface area contributed by atoms with Crippen molar-refractivity contribution in [2.75, 3.05) is 7.05 Å². The summed E-state index contributed by atoms with van der Waals surface area (Å²) in [5.41, 5.74) is 3.62. The van der Waals surface area contributed by atoms with Crippen molar-refractivity contribution in [3.8, 4) is 0 Å². The molecule has 0 amide bonds. The highest BCUT2D eigenvalue weighted by molar-refractivity contribution is 7.10. The Balaban J connectivity index is 2.26. The molecule has 0 fully saturated rings. The molecule has 0 aliphatic carbocycles. The standard InChI is InChI=1S/C16H20FNS/c1-4-12-7-8-19-16(12)15(18-3)10-13-9-14(17)6-5-11(13)2/h5-9,15,18H,4,10H2,1-3H3. The summed E-state index contributed by atoms with van der Waals surface area (Å²) in [5.74, 6) is -0.155. The first-order chi connectivity index (χ1) is 9.15. The average Bonchev–Trinajstić information content (AvgIpc) is 2.88. The van der Waals surface area contributed by atoms with Crippen molar-refractivity contribution in [1.29, 1.82) is 0 Å². The van der Waals surface area contributed by atoms with Crippen LogP contribution in [-0.4, -0.2) is 7.05 Å². The van der Waals surface area contributed by atoms with Gasteiger partial charge in [0.05, 0.1) is 0 Å². The summed E-state index contributed by atoms with van der Waals surface area (Å²) in [4.78, 5) is 1.37. The summed E-state index contributed by atoms with van der Waals surface area (Å²) in [6, 6.07) is 7.47. The third kappa shape index (κ3) is 3.23. The molecule has 0 bridgehead atoms. The van der Waals surface area contributed by atoms with Crippen LogP contribution in [-0.2, 0) is 12.8 Å². The van der Waals surface area contributed by atoms with Gasteiger partial charge in [0.15, 0.2) is 0 Å². The first kappa shape index (κ1) is 14.2. The zero-order valence-corrected chi connectivity index (χ0v) is 12.5. The van der Waals surface area contributed by atoms with Crippen LogP contribution in [0.5, 0.6) is 0 Å². The third-order valence-corrected chi connectivity index (χ3v) is 4.63. The van der Waals surface area contributed by atoms with Gasteiger partial charge in [0, 0.05) is 10.9 Å². The van der Waals surface area contributed by atoms with Gasteiger partial charge >= 0.3 is 0 Å². The number of hydrogen-bond donors (Lipinski definition) is 1. The lowest BCUT2D eigenvalue weighted by Gasteiger charge is -2.18. The molecule has 19 heavy (non-hydrogen) atoms. The lowest BCUT2D eigenvalue weighted by Crippen LogP contribution is -2.19. The lowest BCUT2D eigenvalue weighted by molar-refractivity contribution is 0.587. The molecule has 1 nitrogen and oxygen atoms in total. The van der Waals surface area contributed by atoms with Crippen LogP contribution in [0.15, 0.2) is 29.6 Å². The third-order valence-electron chi connectivity index (χ3n) is 3.56. The molecule has 3 heteroatoms. The molecule has 102 valence electrons. The summed E-state index contributed by atoms with van der Waals surface area (Å²) in [6.45, 7) is 4.21. The van der Waals surface area contributed by atoms with Gasteiger partial charge in [-0.2, -0.15) is 0 Å². The second-order valence-electron chi connectivity index (χ2n) is 4.78. The molecule has 0 saturated carbocycles. The zero-order valence-electron chi connectivity index (χ0n) is 11.7. The summed E-state index contributed by atoms with van der Waals surface area (Å²) >= 11 is 1.78. The largest absolute Gasteiger partial charge is 0.312 e. The number of thiophene rings is 1. The average molecular weight is 277 g/mol. The van der Waals surface area contributed by atoms with Crippen molar-refractivity contribution in [2.45, 2.75) is 32.7 Å². The smallest absolute Gasteiger partial charge is 0.123 e. The van der Waals surface area contributed by atoms with Crippen molar-refractivity contribution in [2.24, 2.45) is 0 Å². The quantitative estimate of drug-likeness (QED) is 0.861. The van der Waals surface area contributed by atoms with Crippen LogP contribution >= 0.6 is 11.3 Å². The van der Waals surface area contributed by atoms with E-state index >= 15 is 0 Å². The summed E-state index contributed by atoms with van der Waals surface area (Å²) in [5, 5.41) is 5.50. The Labute approximate surface area is 118 Å². The van der Waals surface area contributed by atoms with Gasteiger partial charge in [-0.1, -0.05) is 13.0 Å². The SMILES string of the molecule is CCc1ccsc1C(Cc1cc(F)ccc1C)NC. The zero-order chi connectivity index (χ0) is 13.8. The number of rotatable bonds is 5. The van der Waals surface area contributed by atoms with Gasteiger partial charge in [0.2, 0.25) is 0 Å². The fourth-order valence-corrected chi connectivity index (χ4v) is 3.46. The van der Waals surface area contributed by atoms with Gasteiger partial charge in [-0.05, 0) is 67.1 Å². The first-order valence-electron chi connectivity index (χ1n) is 6.64. The number of nitrogens with one attached hydrogen (secondary N) is 1. The molecule has 0 aliphatic heterocycles. The molecule has 0 radical (unpaired) electrons. The van der Waals surface area contributed by atoms with Gasteiger partial charge in [-0.15, -0.1) is 11.3 Å². The molecule has 1 atom stereocenters. The first-order valence-corrected chi connectivity index (χ1v) is 7.52. The maximum absolute atomic E-state index is 13.4. The molecular weight excluding hydrogens is 257 g/mol. The van der Waals surface area contributed by atoms with Crippen molar-refractivity contribution in [3.05, 3.63) is 57.0 Å². The minimum absolute atomic E-state index is 0.155. The highest BCUT2D eigenvalue weighted by Crippen LogP contribution is 2.28. The molecule has 0 aliphatic rings. The summed E-state index contributed by atoms with van der Waals surface area (Å²) in [7, 11) is 1.97. The van der Waals surface area contributed by atoms with Crippen LogP contribution in [0, 0.1) is 12.7 Å². The molecule has 1 N–H and O–H groups in total. The van der Waals surface area contributed by atoms with Crippen LogP contribution in [0.25, 0.3) is 0 Å². The fraction of sp³-hybridized carbons (Fsp3) is 0.375. The van der Waals surface area contributed by atoms with E-state index < -0.39 is 0 Å². The number of likely N-dealkylation sites (N-methyl/N-ethyl adjacent to an activating group) is 1. The van der Waals surface area contributed by atoms with Crippen molar-refractivity contribution in [3.63, 3.8) is 0 Å². The fourth-order valence-electron chi connectivity index (χ4n) is 2.35. The predicted octanol–water partition coefficient (Wildman–Crippen LogP) is 4.26. The summed E-state index contributed by atoms with van der Waals surface area (Å²) in [6.07, 6.45) is 1.87. The Bertz CT molecular complexity index is 547.